The van der Waals surface area contributed by atoms with Crippen molar-refractivity contribution < 1.29 is 14.7 Å². The number of rotatable bonds is 3. The Kier molecular flexibility index (Phi) is 3.82. The standard InChI is InChI=1S/C14H10ClNO3/c15-10-6-7-12(11(8-10)14(18)19)16-13(17)9-4-2-1-3-5-9/h1-8H,(H,16,17)(H,18,19). The lowest BCUT2D eigenvalue weighted by molar-refractivity contribution is 0.0698. The van der Waals surface area contributed by atoms with Crippen molar-refractivity contribution >= 4 is 29.2 Å². The first kappa shape index (κ1) is 13.1. The van der Waals surface area contributed by atoms with E-state index in [1.807, 2.05) is 0 Å². The van der Waals surface area contributed by atoms with E-state index in [0.29, 0.717) is 10.6 Å². The van der Waals surface area contributed by atoms with E-state index >= 15 is 0 Å². The molecule has 0 spiro atoms. The summed E-state index contributed by atoms with van der Waals surface area (Å²) in [5.41, 5.74) is 0.622. The third kappa shape index (κ3) is 3.11. The quantitative estimate of drug-likeness (QED) is 0.903. The summed E-state index contributed by atoms with van der Waals surface area (Å²) in [6.07, 6.45) is 0. The highest BCUT2D eigenvalue weighted by atomic mass is 35.5. The number of carboxylic acid groups (broad SMARTS) is 1. The van der Waals surface area contributed by atoms with Crippen LogP contribution in [-0.4, -0.2) is 17.0 Å². The third-order valence-electron chi connectivity index (χ3n) is 2.50. The van der Waals surface area contributed by atoms with E-state index in [9.17, 15) is 9.59 Å². The first-order chi connectivity index (χ1) is 9.08. The van der Waals surface area contributed by atoms with E-state index in [1.54, 1.807) is 30.3 Å². The van der Waals surface area contributed by atoms with Gasteiger partial charge in [-0.25, -0.2) is 4.79 Å². The molecule has 19 heavy (non-hydrogen) atoms. The number of benzene rings is 2. The van der Waals surface area contributed by atoms with Crippen LogP contribution in [0.1, 0.15) is 20.7 Å². The van der Waals surface area contributed by atoms with Gasteiger partial charge in [-0.2, -0.15) is 0 Å². The van der Waals surface area contributed by atoms with Crippen LogP contribution in [0.15, 0.2) is 48.5 Å². The highest BCUT2D eigenvalue weighted by Gasteiger charge is 2.13. The summed E-state index contributed by atoms with van der Waals surface area (Å²) in [5, 5.41) is 11.9. The Bertz CT molecular complexity index is 626. The molecule has 0 aromatic heterocycles. The lowest BCUT2D eigenvalue weighted by Crippen LogP contribution is -2.14. The van der Waals surface area contributed by atoms with Crippen molar-refractivity contribution in [3.8, 4) is 0 Å². The number of amides is 1. The number of aromatic carboxylic acids is 1. The van der Waals surface area contributed by atoms with Crippen LogP contribution in [-0.2, 0) is 0 Å². The van der Waals surface area contributed by atoms with Crippen LogP contribution in [0.5, 0.6) is 0 Å². The minimum Gasteiger partial charge on any atom is -0.478 e. The van der Waals surface area contributed by atoms with E-state index in [-0.39, 0.29) is 17.2 Å². The maximum absolute atomic E-state index is 11.9. The second kappa shape index (κ2) is 5.54. The zero-order chi connectivity index (χ0) is 13.8. The van der Waals surface area contributed by atoms with Gasteiger partial charge < -0.3 is 10.4 Å². The number of hydrogen-bond donors (Lipinski definition) is 2. The van der Waals surface area contributed by atoms with Crippen molar-refractivity contribution in [1.29, 1.82) is 0 Å². The number of carbonyl (C=O) groups is 2. The molecule has 0 atom stereocenters. The van der Waals surface area contributed by atoms with Crippen LogP contribution < -0.4 is 5.32 Å². The number of halogens is 1. The molecule has 0 saturated carbocycles. The van der Waals surface area contributed by atoms with E-state index in [2.05, 4.69) is 5.32 Å². The summed E-state index contributed by atoms with van der Waals surface area (Å²) in [6.45, 7) is 0. The van der Waals surface area contributed by atoms with Gasteiger partial charge in [-0.05, 0) is 30.3 Å². The molecule has 2 rings (SSSR count). The van der Waals surface area contributed by atoms with Gasteiger partial charge in [0, 0.05) is 10.6 Å². The highest BCUT2D eigenvalue weighted by molar-refractivity contribution is 6.31. The molecule has 0 saturated heterocycles. The Morgan fingerprint density at radius 1 is 1.05 bits per heavy atom. The molecule has 96 valence electrons. The van der Waals surface area contributed by atoms with Crippen molar-refractivity contribution in [3.63, 3.8) is 0 Å². The van der Waals surface area contributed by atoms with Gasteiger partial charge in [-0.15, -0.1) is 0 Å². The fourth-order valence-electron chi connectivity index (χ4n) is 1.59. The van der Waals surface area contributed by atoms with Gasteiger partial charge >= 0.3 is 5.97 Å². The second-order valence-electron chi connectivity index (χ2n) is 3.82. The van der Waals surface area contributed by atoms with Crippen molar-refractivity contribution in [2.45, 2.75) is 0 Å². The smallest absolute Gasteiger partial charge is 0.337 e. The third-order valence-corrected chi connectivity index (χ3v) is 2.73. The monoisotopic (exact) mass is 275 g/mol. The van der Waals surface area contributed by atoms with Crippen LogP contribution in [0.25, 0.3) is 0 Å². The van der Waals surface area contributed by atoms with Crippen LogP contribution >= 0.6 is 11.6 Å². The summed E-state index contributed by atoms with van der Waals surface area (Å²) in [7, 11) is 0. The molecule has 1 amide bonds. The van der Waals surface area contributed by atoms with E-state index < -0.39 is 5.97 Å². The topological polar surface area (TPSA) is 66.4 Å². The number of carbonyl (C=O) groups excluding carboxylic acids is 1. The minimum atomic E-state index is -1.15. The number of anilines is 1. The SMILES string of the molecule is O=C(Nc1ccc(Cl)cc1C(=O)O)c1ccccc1. The molecule has 2 aromatic rings. The summed E-state index contributed by atoms with van der Waals surface area (Å²) < 4.78 is 0. The molecule has 2 N–H and O–H groups in total. The van der Waals surface area contributed by atoms with Gasteiger partial charge in [0.2, 0.25) is 0 Å². The van der Waals surface area contributed by atoms with Crippen LogP contribution in [0.4, 0.5) is 5.69 Å². The Balaban J connectivity index is 2.29. The first-order valence-corrected chi connectivity index (χ1v) is 5.85. The Labute approximate surface area is 114 Å². The van der Waals surface area contributed by atoms with Crippen molar-refractivity contribution in [3.05, 3.63) is 64.7 Å². The van der Waals surface area contributed by atoms with Gasteiger partial charge in [0.05, 0.1) is 11.3 Å². The maximum atomic E-state index is 11.9. The van der Waals surface area contributed by atoms with Gasteiger partial charge in [0.25, 0.3) is 5.91 Å². The molecule has 5 heteroatoms. The molecule has 0 heterocycles. The number of carboxylic acids is 1. The van der Waals surface area contributed by atoms with Gasteiger partial charge in [0.15, 0.2) is 0 Å². The van der Waals surface area contributed by atoms with Crippen molar-refractivity contribution in [2.75, 3.05) is 5.32 Å². The largest absolute Gasteiger partial charge is 0.478 e. The second-order valence-corrected chi connectivity index (χ2v) is 4.25. The molecule has 0 bridgehead atoms. The fourth-order valence-corrected chi connectivity index (χ4v) is 1.76. The summed E-state index contributed by atoms with van der Waals surface area (Å²) in [4.78, 5) is 23.0. The minimum absolute atomic E-state index is 0.0446. The lowest BCUT2D eigenvalue weighted by atomic mass is 10.1. The average Bonchev–Trinajstić information content (AvgIpc) is 2.41. The van der Waals surface area contributed by atoms with E-state index in [4.69, 9.17) is 16.7 Å². The summed E-state index contributed by atoms with van der Waals surface area (Å²) in [6, 6.07) is 12.8. The fraction of sp³-hybridized carbons (Fsp3) is 0. The zero-order valence-corrected chi connectivity index (χ0v) is 10.5. The van der Waals surface area contributed by atoms with E-state index in [1.165, 1.54) is 18.2 Å². The normalized spacial score (nSPS) is 9.95. The average molecular weight is 276 g/mol. The Morgan fingerprint density at radius 3 is 2.37 bits per heavy atom. The Morgan fingerprint density at radius 2 is 1.74 bits per heavy atom. The number of nitrogens with one attached hydrogen (secondary N) is 1. The number of hydrogen-bond acceptors (Lipinski definition) is 2. The molecule has 4 nitrogen and oxygen atoms in total. The summed E-state index contributed by atoms with van der Waals surface area (Å²) in [5.74, 6) is -1.52. The predicted molar refractivity (Wildman–Crippen MR) is 72.8 cm³/mol. The molecule has 0 fully saturated rings. The molecule has 0 radical (unpaired) electrons. The van der Waals surface area contributed by atoms with Crippen molar-refractivity contribution in [1.82, 2.24) is 0 Å². The lowest BCUT2D eigenvalue weighted by Gasteiger charge is -2.08. The van der Waals surface area contributed by atoms with Crippen molar-refractivity contribution in [2.24, 2.45) is 0 Å². The molecule has 0 aliphatic carbocycles. The molecule has 0 aliphatic heterocycles. The molecular weight excluding hydrogens is 266 g/mol. The first-order valence-electron chi connectivity index (χ1n) is 5.47. The van der Waals surface area contributed by atoms with Crippen LogP contribution in [0.2, 0.25) is 5.02 Å². The van der Waals surface area contributed by atoms with E-state index in [0.717, 1.165) is 0 Å². The molecule has 0 unspecified atom stereocenters. The maximum Gasteiger partial charge on any atom is 0.337 e. The molecule has 0 aliphatic rings. The van der Waals surface area contributed by atoms with Gasteiger partial charge in [-0.3, -0.25) is 4.79 Å². The van der Waals surface area contributed by atoms with Crippen LogP contribution in [0, 0.1) is 0 Å². The van der Waals surface area contributed by atoms with Gasteiger partial charge in [-0.1, -0.05) is 29.8 Å². The highest BCUT2D eigenvalue weighted by Crippen LogP contribution is 2.21. The van der Waals surface area contributed by atoms with Crippen LogP contribution in [0.3, 0.4) is 0 Å². The Hall–Kier alpha value is -2.33. The summed E-state index contributed by atoms with van der Waals surface area (Å²) >= 11 is 5.74. The molecular formula is C14H10ClNO3. The van der Waals surface area contributed by atoms with Gasteiger partial charge in [0.1, 0.15) is 0 Å². The predicted octanol–water partition coefficient (Wildman–Crippen LogP) is 3.29. The molecule has 2 aromatic carbocycles. The zero-order valence-electron chi connectivity index (χ0n) is 9.76.